The molecule has 0 aliphatic carbocycles. The number of unbranched alkanes of at least 4 members (excludes halogenated alkanes) is 1. The molecule has 0 unspecified atom stereocenters. The Morgan fingerprint density at radius 3 is 1.85 bits per heavy atom. The summed E-state index contributed by atoms with van der Waals surface area (Å²) in [6, 6.07) is 0. The van der Waals surface area contributed by atoms with Crippen LogP contribution in [0.25, 0.3) is 0 Å². The van der Waals surface area contributed by atoms with Gasteiger partial charge in [-0.1, -0.05) is 27.2 Å². The number of rotatable bonds is 4. The molecule has 3 nitrogen and oxygen atoms in total. The van der Waals surface area contributed by atoms with Crippen LogP contribution in [0.1, 0.15) is 40.5 Å². The molecule has 3 N–H and O–H groups in total. The number of nitrogens with one attached hydrogen (secondary N) is 1. The van der Waals surface area contributed by atoms with Crippen LogP contribution in [0.15, 0.2) is 0 Å². The summed E-state index contributed by atoms with van der Waals surface area (Å²) in [6.07, 6.45) is 2.39. The van der Waals surface area contributed by atoms with Crippen molar-refractivity contribution >= 4 is 5.78 Å². The van der Waals surface area contributed by atoms with Gasteiger partial charge in [-0.05, 0) is 26.9 Å². The van der Waals surface area contributed by atoms with Gasteiger partial charge in [0.05, 0.1) is 6.54 Å². The van der Waals surface area contributed by atoms with E-state index in [2.05, 4.69) is 12.2 Å². The van der Waals surface area contributed by atoms with E-state index in [9.17, 15) is 4.79 Å². The summed E-state index contributed by atoms with van der Waals surface area (Å²) >= 11 is 0. The van der Waals surface area contributed by atoms with Gasteiger partial charge in [0.2, 0.25) is 0 Å². The van der Waals surface area contributed by atoms with E-state index < -0.39 is 0 Å². The van der Waals surface area contributed by atoms with Crippen LogP contribution >= 0.6 is 0 Å². The third-order valence-electron chi connectivity index (χ3n) is 0.983. The third kappa shape index (κ3) is 50.6. The molecule has 3 heteroatoms. The molecule has 82 valence electrons. The van der Waals surface area contributed by atoms with Gasteiger partial charge >= 0.3 is 0 Å². The van der Waals surface area contributed by atoms with Gasteiger partial charge < -0.3 is 11.1 Å². The molecule has 0 rings (SSSR count). The predicted molar refractivity (Wildman–Crippen MR) is 59.9 cm³/mol. The van der Waals surface area contributed by atoms with Gasteiger partial charge in [-0.25, -0.2) is 0 Å². The Bertz CT molecular complexity index is 83.0. The van der Waals surface area contributed by atoms with Gasteiger partial charge in [-0.2, -0.15) is 0 Å². The molecule has 0 aliphatic rings. The van der Waals surface area contributed by atoms with Crippen LogP contribution in [-0.4, -0.2) is 25.9 Å². The number of carbonyl (C=O) groups is 1. The molecule has 0 aromatic carbocycles. The van der Waals surface area contributed by atoms with Crippen LogP contribution in [0.4, 0.5) is 0 Å². The van der Waals surface area contributed by atoms with Gasteiger partial charge in [-0.15, -0.1) is 0 Å². The fourth-order valence-corrected chi connectivity index (χ4v) is 0.453. The lowest BCUT2D eigenvalue weighted by atomic mass is 10.3. The Morgan fingerprint density at radius 1 is 1.38 bits per heavy atom. The monoisotopic (exact) mass is 190 g/mol. The zero-order valence-corrected chi connectivity index (χ0v) is 9.81. The molecule has 0 amide bonds. The molecular formula is C10H26N2O. The smallest absolute Gasteiger partial charge is 0.143 e. The summed E-state index contributed by atoms with van der Waals surface area (Å²) in [5.74, 6) is 0.178. The third-order valence-corrected chi connectivity index (χ3v) is 0.983. The maximum atomic E-state index is 9.98. The number of ketones is 1. The van der Waals surface area contributed by atoms with Crippen LogP contribution in [0.5, 0.6) is 0 Å². The standard InChI is InChI=1S/C4H9NO.C4H11N.C2H6/c1-4(6)3-5-2;1-2-3-4-5;1-2/h5H,3H2,1-2H3;2-5H2,1H3;1-2H3. The first-order chi connectivity index (χ1) is 6.18. The summed E-state index contributed by atoms with van der Waals surface area (Å²) in [6.45, 7) is 9.01. The average molecular weight is 190 g/mol. The molecule has 0 saturated carbocycles. The van der Waals surface area contributed by atoms with Crippen molar-refractivity contribution in [1.29, 1.82) is 0 Å². The van der Waals surface area contributed by atoms with E-state index in [1.807, 2.05) is 13.8 Å². The number of nitrogens with two attached hydrogens (primary N) is 1. The Morgan fingerprint density at radius 2 is 1.85 bits per heavy atom. The highest BCUT2D eigenvalue weighted by molar-refractivity contribution is 5.77. The van der Waals surface area contributed by atoms with Gasteiger partial charge in [0.1, 0.15) is 5.78 Å². The van der Waals surface area contributed by atoms with Gasteiger partial charge in [0.25, 0.3) is 0 Å². The molecule has 0 fully saturated rings. The number of carbonyl (C=O) groups excluding carboxylic acids is 1. The van der Waals surface area contributed by atoms with E-state index in [4.69, 9.17) is 5.73 Å². The molecule has 13 heavy (non-hydrogen) atoms. The van der Waals surface area contributed by atoms with Gasteiger partial charge in [0, 0.05) is 0 Å². The highest BCUT2D eigenvalue weighted by atomic mass is 16.1. The molecule has 0 aromatic rings. The second kappa shape index (κ2) is 22.6. The minimum absolute atomic E-state index is 0.178. The maximum Gasteiger partial charge on any atom is 0.143 e. The van der Waals surface area contributed by atoms with Gasteiger partial charge in [-0.3, -0.25) is 4.79 Å². The first-order valence-electron chi connectivity index (χ1n) is 5.03. The predicted octanol–water partition coefficient (Wildman–Crippen LogP) is 1.57. The van der Waals surface area contributed by atoms with Crippen LogP contribution in [0.3, 0.4) is 0 Å². The summed E-state index contributed by atoms with van der Waals surface area (Å²) in [5.41, 5.74) is 5.14. The minimum Gasteiger partial charge on any atom is -0.330 e. The summed E-state index contributed by atoms with van der Waals surface area (Å²) in [4.78, 5) is 9.98. The minimum atomic E-state index is 0.178. The van der Waals surface area contributed by atoms with E-state index in [0.717, 1.165) is 6.54 Å². The van der Waals surface area contributed by atoms with Crippen molar-refractivity contribution in [3.63, 3.8) is 0 Å². The maximum absolute atomic E-state index is 9.98. The van der Waals surface area contributed by atoms with E-state index in [1.165, 1.54) is 12.8 Å². The van der Waals surface area contributed by atoms with Crippen LogP contribution < -0.4 is 11.1 Å². The van der Waals surface area contributed by atoms with Crippen LogP contribution in [0.2, 0.25) is 0 Å². The Kier molecular flexibility index (Phi) is 31.9. The molecule has 0 heterocycles. The number of likely N-dealkylation sites (N-methyl/N-ethyl adjacent to an activating group) is 1. The highest BCUT2D eigenvalue weighted by Crippen LogP contribution is 1.77. The van der Waals surface area contributed by atoms with Crippen molar-refractivity contribution in [2.75, 3.05) is 20.1 Å². The van der Waals surface area contributed by atoms with E-state index in [0.29, 0.717) is 6.54 Å². The highest BCUT2D eigenvalue weighted by Gasteiger charge is 1.82. The molecule has 0 radical (unpaired) electrons. The molecule has 0 aliphatic heterocycles. The molecule has 0 saturated heterocycles. The van der Waals surface area contributed by atoms with E-state index in [-0.39, 0.29) is 5.78 Å². The lowest BCUT2D eigenvalue weighted by molar-refractivity contribution is -0.116. The summed E-state index contributed by atoms with van der Waals surface area (Å²) in [5, 5.41) is 2.72. The molecular weight excluding hydrogens is 164 g/mol. The first kappa shape index (κ1) is 18.4. The topological polar surface area (TPSA) is 55.1 Å². The number of hydrogen-bond acceptors (Lipinski definition) is 3. The molecule has 0 aromatic heterocycles. The van der Waals surface area contributed by atoms with Gasteiger partial charge in [0.15, 0.2) is 0 Å². The lowest BCUT2D eigenvalue weighted by Crippen LogP contribution is -2.14. The fraction of sp³-hybridized carbons (Fsp3) is 0.900. The van der Waals surface area contributed by atoms with Crippen molar-refractivity contribution in [1.82, 2.24) is 5.32 Å². The van der Waals surface area contributed by atoms with Crippen LogP contribution in [-0.2, 0) is 4.79 Å². The zero-order valence-electron chi connectivity index (χ0n) is 9.81. The van der Waals surface area contributed by atoms with E-state index >= 15 is 0 Å². The molecule has 0 spiro atoms. The van der Waals surface area contributed by atoms with Crippen molar-refractivity contribution in [3.05, 3.63) is 0 Å². The number of Topliss-reactive ketones (excluding diaryl/α,β-unsaturated/α-hetero) is 1. The summed E-state index contributed by atoms with van der Waals surface area (Å²) in [7, 11) is 1.75. The van der Waals surface area contributed by atoms with Crippen molar-refractivity contribution in [2.45, 2.75) is 40.5 Å². The lowest BCUT2D eigenvalue weighted by Gasteiger charge is -1.85. The summed E-state index contributed by atoms with van der Waals surface area (Å²) < 4.78 is 0. The normalized spacial score (nSPS) is 7.54. The SMILES string of the molecule is CC.CCCCN.CNCC(C)=O. The van der Waals surface area contributed by atoms with Crippen molar-refractivity contribution in [3.8, 4) is 0 Å². The second-order valence-electron chi connectivity index (χ2n) is 2.37. The first-order valence-corrected chi connectivity index (χ1v) is 5.03. The molecule has 0 atom stereocenters. The number of hydrogen-bond donors (Lipinski definition) is 2. The Labute approximate surface area is 83.1 Å². The second-order valence-corrected chi connectivity index (χ2v) is 2.37. The fourth-order valence-electron chi connectivity index (χ4n) is 0.453. The zero-order chi connectivity index (χ0) is 11.1. The van der Waals surface area contributed by atoms with Crippen molar-refractivity contribution < 1.29 is 4.79 Å². The van der Waals surface area contributed by atoms with E-state index in [1.54, 1.807) is 14.0 Å². The molecule has 0 bridgehead atoms. The average Bonchev–Trinajstić information content (AvgIpc) is 2.10. The Balaban J connectivity index is -0.000000131. The largest absolute Gasteiger partial charge is 0.330 e. The van der Waals surface area contributed by atoms with Crippen molar-refractivity contribution in [2.24, 2.45) is 5.73 Å². The van der Waals surface area contributed by atoms with Crippen LogP contribution in [0, 0.1) is 0 Å². The Hall–Kier alpha value is -0.410. The quantitative estimate of drug-likeness (QED) is 0.707.